The fourth-order valence-corrected chi connectivity index (χ4v) is 5.04. The summed E-state index contributed by atoms with van der Waals surface area (Å²) in [4.78, 5) is 24.1. The van der Waals surface area contributed by atoms with E-state index in [4.69, 9.17) is 9.47 Å². The number of carbonyl (C=O) groups is 2. The summed E-state index contributed by atoms with van der Waals surface area (Å²) >= 11 is 0. The molecule has 1 heterocycles. The number of carbonyl (C=O) groups excluding carboxylic acids is 2. The van der Waals surface area contributed by atoms with Crippen LogP contribution in [-0.2, 0) is 37.1 Å². The van der Waals surface area contributed by atoms with E-state index in [2.05, 4.69) is 0 Å². The molecule has 7 nitrogen and oxygen atoms in total. The molecule has 0 aliphatic carbocycles. The van der Waals surface area contributed by atoms with Crippen molar-refractivity contribution < 1.29 is 40.7 Å². The van der Waals surface area contributed by atoms with E-state index in [1.54, 1.807) is 6.92 Å². The largest absolute Gasteiger partial charge is 0.462 e. The fraction of sp³-hybridized carbons (Fsp3) is 0.391. The lowest BCUT2D eigenvalue weighted by atomic mass is 9.98. The second kappa shape index (κ2) is 10.6. The van der Waals surface area contributed by atoms with Crippen LogP contribution in [0.1, 0.15) is 41.3 Å². The number of alkyl halides is 3. The van der Waals surface area contributed by atoms with E-state index < -0.39 is 39.6 Å². The predicted octanol–water partition coefficient (Wildman–Crippen LogP) is 4.03. The third-order valence-electron chi connectivity index (χ3n) is 5.43. The summed E-state index contributed by atoms with van der Waals surface area (Å²) in [5.74, 6) is -1.67. The van der Waals surface area contributed by atoms with Crippen molar-refractivity contribution in [3.63, 3.8) is 0 Å². The molecular formula is C23H24F3NO6S. The Bertz CT molecular complexity index is 1120. The Kier molecular flexibility index (Phi) is 7.98. The van der Waals surface area contributed by atoms with Crippen LogP contribution in [0.4, 0.5) is 13.2 Å². The van der Waals surface area contributed by atoms with E-state index in [9.17, 15) is 31.2 Å². The van der Waals surface area contributed by atoms with Gasteiger partial charge in [0.2, 0.25) is 10.0 Å². The maximum Gasteiger partial charge on any atom is 0.416 e. The molecule has 0 bridgehead atoms. The van der Waals surface area contributed by atoms with Crippen molar-refractivity contribution in [1.29, 1.82) is 0 Å². The number of hydrogen-bond donors (Lipinski definition) is 0. The summed E-state index contributed by atoms with van der Waals surface area (Å²) in [5.41, 5.74) is -0.368. The number of esters is 2. The summed E-state index contributed by atoms with van der Waals surface area (Å²) in [6.07, 6.45) is -4.04. The number of hydrogen-bond acceptors (Lipinski definition) is 6. The predicted molar refractivity (Wildman–Crippen MR) is 115 cm³/mol. The number of ether oxygens (including phenoxy) is 2. The minimum absolute atomic E-state index is 0.0196. The lowest BCUT2D eigenvalue weighted by Crippen LogP contribution is -2.40. The van der Waals surface area contributed by atoms with Crippen LogP contribution in [0.3, 0.4) is 0 Å². The maximum atomic E-state index is 12.9. The van der Waals surface area contributed by atoms with Gasteiger partial charge in [0.25, 0.3) is 0 Å². The normalized spacial score (nSPS) is 15.6. The fourth-order valence-electron chi connectivity index (χ4n) is 3.57. The molecule has 3 rings (SSSR count). The van der Waals surface area contributed by atoms with Crippen molar-refractivity contribution in [2.75, 3.05) is 19.7 Å². The summed E-state index contributed by atoms with van der Waals surface area (Å²) < 4.78 is 75.6. The molecule has 2 aromatic rings. The highest BCUT2D eigenvalue weighted by atomic mass is 32.2. The SMILES string of the molecule is CCOC(=O)c1ccc(S(=O)(=O)N2CCC(C(=O)OCc3cccc(C(F)(F)F)c3)CC2)cc1. The zero-order valence-electron chi connectivity index (χ0n) is 18.4. The molecule has 0 saturated carbocycles. The van der Waals surface area contributed by atoms with E-state index in [1.165, 1.54) is 40.7 Å². The monoisotopic (exact) mass is 499 g/mol. The van der Waals surface area contributed by atoms with Crippen LogP contribution in [0.5, 0.6) is 0 Å². The molecule has 1 aliphatic heterocycles. The van der Waals surface area contributed by atoms with Gasteiger partial charge < -0.3 is 9.47 Å². The maximum absolute atomic E-state index is 12.9. The van der Waals surface area contributed by atoms with E-state index in [0.29, 0.717) is 0 Å². The molecular weight excluding hydrogens is 475 g/mol. The van der Waals surface area contributed by atoms with Crippen molar-refractivity contribution in [2.24, 2.45) is 5.92 Å². The molecule has 0 amide bonds. The summed E-state index contributed by atoms with van der Waals surface area (Å²) in [7, 11) is -3.82. The molecule has 0 spiro atoms. The summed E-state index contributed by atoms with van der Waals surface area (Å²) in [6, 6.07) is 9.96. The Labute approximate surface area is 195 Å². The number of halogens is 3. The highest BCUT2D eigenvalue weighted by Gasteiger charge is 2.33. The van der Waals surface area contributed by atoms with Crippen LogP contribution in [0.25, 0.3) is 0 Å². The molecule has 0 unspecified atom stereocenters. The molecule has 11 heteroatoms. The van der Waals surface area contributed by atoms with Gasteiger partial charge in [0.15, 0.2) is 0 Å². The van der Waals surface area contributed by atoms with Gasteiger partial charge in [-0.25, -0.2) is 13.2 Å². The van der Waals surface area contributed by atoms with Gasteiger partial charge in [0.1, 0.15) is 6.61 Å². The first-order valence-corrected chi connectivity index (χ1v) is 12.1. The van der Waals surface area contributed by atoms with Gasteiger partial charge in [-0.2, -0.15) is 17.5 Å². The molecule has 184 valence electrons. The smallest absolute Gasteiger partial charge is 0.416 e. The highest BCUT2D eigenvalue weighted by Crippen LogP contribution is 2.30. The molecule has 1 aliphatic rings. The third kappa shape index (κ3) is 6.15. The Morgan fingerprint density at radius 1 is 1.03 bits per heavy atom. The quantitative estimate of drug-likeness (QED) is 0.535. The second-order valence-corrected chi connectivity index (χ2v) is 9.67. The third-order valence-corrected chi connectivity index (χ3v) is 7.34. The van der Waals surface area contributed by atoms with E-state index in [1.807, 2.05) is 0 Å². The molecule has 1 fully saturated rings. The zero-order valence-corrected chi connectivity index (χ0v) is 19.2. The average molecular weight is 500 g/mol. The van der Waals surface area contributed by atoms with Gasteiger partial charge >= 0.3 is 18.1 Å². The number of rotatable bonds is 7. The first kappa shape index (κ1) is 25.7. The molecule has 34 heavy (non-hydrogen) atoms. The van der Waals surface area contributed by atoms with E-state index >= 15 is 0 Å². The van der Waals surface area contributed by atoms with Crippen LogP contribution in [0.15, 0.2) is 53.4 Å². The summed E-state index contributed by atoms with van der Waals surface area (Å²) in [6.45, 7) is 1.75. The summed E-state index contributed by atoms with van der Waals surface area (Å²) in [5, 5.41) is 0. The van der Waals surface area contributed by atoms with Crippen LogP contribution in [0.2, 0.25) is 0 Å². The van der Waals surface area contributed by atoms with Gasteiger partial charge in [-0.1, -0.05) is 12.1 Å². The van der Waals surface area contributed by atoms with Gasteiger partial charge in [-0.05, 0) is 61.7 Å². The Morgan fingerprint density at radius 2 is 1.68 bits per heavy atom. The highest BCUT2D eigenvalue weighted by molar-refractivity contribution is 7.89. The lowest BCUT2D eigenvalue weighted by Gasteiger charge is -2.30. The van der Waals surface area contributed by atoms with Crippen LogP contribution < -0.4 is 0 Å². The minimum Gasteiger partial charge on any atom is -0.462 e. The van der Waals surface area contributed by atoms with Crippen molar-refractivity contribution in [3.8, 4) is 0 Å². The van der Waals surface area contributed by atoms with Crippen molar-refractivity contribution in [3.05, 3.63) is 65.2 Å². The van der Waals surface area contributed by atoms with Gasteiger partial charge in [-0.3, -0.25) is 4.79 Å². The first-order chi connectivity index (χ1) is 16.0. The molecule has 0 atom stereocenters. The average Bonchev–Trinajstić information content (AvgIpc) is 2.82. The van der Waals surface area contributed by atoms with Crippen LogP contribution >= 0.6 is 0 Å². The number of piperidine rings is 1. The molecule has 0 radical (unpaired) electrons. The molecule has 2 aromatic carbocycles. The van der Waals surface area contributed by atoms with Crippen LogP contribution in [-0.4, -0.2) is 44.4 Å². The van der Waals surface area contributed by atoms with Gasteiger partial charge in [-0.15, -0.1) is 0 Å². The second-order valence-electron chi connectivity index (χ2n) is 7.73. The Morgan fingerprint density at radius 3 is 2.26 bits per heavy atom. The molecule has 1 saturated heterocycles. The number of nitrogens with zero attached hydrogens (tertiary/aromatic N) is 1. The van der Waals surface area contributed by atoms with Gasteiger partial charge in [0.05, 0.1) is 28.5 Å². The number of benzene rings is 2. The van der Waals surface area contributed by atoms with Crippen LogP contribution in [0, 0.1) is 5.92 Å². The van der Waals surface area contributed by atoms with E-state index in [-0.39, 0.29) is 55.2 Å². The zero-order chi connectivity index (χ0) is 24.9. The topological polar surface area (TPSA) is 90.0 Å². The Balaban J connectivity index is 1.55. The molecule has 0 aromatic heterocycles. The standard InChI is InChI=1S/C23H24F3NO6S/c1-2-32-21(28)17-6-8-20(9-7-17)34(30,31)27-12-10-18(11-13-27)22(29)33-15-16-4-3-5-19(14-16)23(24,25)26/h3-9,14,18H,2,10-13,15H2,1H3. The lowest BCUT2D eigenvalue weighted by molar-refractivity contribution is -0.151. The molecule has 0 N–H and O–H groups in total. The Hall–Kier alpha value is -2.92. The van der Waals surface area contributed by atoms with Crippen molar-refractivity contribution in [1.82, 2.24) is 4.31 Å². The van der Waals surface area contributed by atoms with Crippen molar-refractivity contribution in [2.45, 2.75) is 37.4 Å². The van der Waals surface area contributed by atoms with Gasteiger partial charge in [0, 0.05) is 13.1 Å². The number of sulfonamides is 1. The van der Waals surface area contributed by atoms with Crippen molar-refractivity contribution >= 4 is 22.0 Å². The first-order valence-electron chi connectivity index (χ1n) is 10.6. The minimum atomic E-state index is -4.49. The van der Waals surface area contributed by atoms with E-state index in [0.717, 1.165) is 12.1 Å².